The lowest BCUT2D eigenvalue weighted by Gasteiger charge is -2.20. The molecule has 0 spiro atoms. The second kappa shape index (κ2) is 3.88. The highest BCUT2D eigenvalue weighted by atomic mass is 14.8. The van der Waals surface area contributed by atoms with Gasteiger partial charge in [0, 0.05) is 12.3 Å². The van der Waals surface area contributed by atoms with E-state index in [1.807, 2.05) is 0 Å². The normalized spacial score (nSPS) is 23.9. The Morgan fingerprint density at radius 3 is 2.75 bits per heavy atom. The summed E-state index contributed by atoms with van der Waals surface area (Å²) in [6, 6.07) is 0. The summed E-state index contributed by atoms with van der Waals surface area (Å²) in [6.07, 6.45) is 3.62. The van der Waals surface area contributed by atoms with E-state index in [0.29, 0.717) is 11.8 Å². The molecule has 12 heavy (non-hydrogen) atoms. The van der Waals surface area contributed by atoms with Crippen molar-refractivity contribution in [1.29, 1.82) is 0 Å². The SMILES string of the molecule is CCC1C=C(C(C)C)C(C)=NC1. The molecule has 1 unspecified atom stereocenters. The Kier molecular flexibility index (Phi) is 3.07. The summed E-state index contributed by atoms with van der Waals surface area (Å²) in [5.41, 5.74) is 2.70. The maximum absolute atomic E-state index is 4.53. The van der Waals surface area contributed by atoms with Crippen molar-refractivity contribution in [3.8, 4) is 0 Å². The molecule has 1 aliphatic heterocycles. The molecule has 68 valence electrons. The Morgan fingerprint density at radius 1 is 1.58 bits per heavy atom. The average molecular weight is 165 g/mol. The van der Waals surface area contributed by atoms with Crippen molar-refractivity contribution in [3.05, 3.63) is 11.6 Å². The molecular weight excluding hydrogens is 146 g/mol. The molecular formula is C11H19N. The third-order valence-electron chi connectivity index (χ3n) is 2.54. The highest BCUT2D eigenvalue weighted by molar-refractivity contribution is 5.99. The van der Waals surface area contributed by atoms with Gasteiger partial charge in [-0.05, 0) is 30.8 Å². The number of rotatable bonds is 2. The molecule has 0 N–H and O–H groups in total. The van der Waals surface area contributed by atoms with Gasteiger partial charge in [-0.3, -0.25) is 4.99 Å². The lowest BCUT2D eigenvalue weighted by molar-refractivity contribution is 0.616. The summed E-state index contributed by atoms with van der Waals surface area (Å²) in [4.78, 5) is 4.53. The predicted octanol–water partition coefficient (Wildman–Crippen LogP) is 3.07. The third kappa shape index (κ3) is 1.96. The van der Waals surface area contributed by atoms with Gasteiger partial charge < -0.3 is 0 Å². The third-order valence-corrected chi connectivity index (χ3v) is 2.54. The lowest BCUT2D eigenvalue weighted by Crippen LogP contribution is -2.15. The molecule has 0 fully saturated rings. The monoisotopic (exact) mass is 165 g/mol. The van der Waals surface area contributed by atoms with Crippen LogP contribution >= 0.6 is 0 Å². The number of hydrogen-bond acceptors (Lipinski definition) is 1. The number of hydrogen-bond donors (Lipinski definition) is 0. The zero-order valence-corrected chi connectivity index (χ0v) is 8.59. The van der Waals surface area contributed by atoms with Gasteiger partial charge in [0.2, 0.25) is 0 Å². The summed E-state index contributed by atoms with van der Waals surface area (Å²) in [6.45, 7) is 9.83. The smallest absolute Gasteiger partial charge is 0.0455 e. The number of allylic oxidation sites excluding steroid dienone is 1. The zero-order valence-electron chi connectivity index (χ0n) is 8.59. The highest BCUT2D eigenvalue weighted by Gasteiger charge is 2.14. The molecule has 1 nitrogen and oxygen atoms in total. The minimum atomic E-state index is 0.628. The number of aliphatic imine (C=N–C) groups is 1. The summed E-state index contributed by atoms with van der Waals surface area (Å²) in [5, 5.41) is 0. The average Bonchev–Trinajstić information content (AvgIpc) is 2.05. The van der Waals surface area contributed by atoms with Crippen LogP contribution in [0.5, 0.6) is 0 Å². The van der Waals surface area contributed by atoms with Gasteiger partial charge in [0.1, 0.15) is 0 Å². The van der Waals surface area contributed by atoms with E-state index in [9.17, 15) is 0 Å². The molecule has 0 amide bonds. The lowest BCUT2D eigenvalue weighted by atomic mass is 9.91. The molecule has 0 aliphatic carbocycles. The molecule has 0 saturated carbocycles. The van der Waals surface area contributed by atoms with Crippen molar-refractivity contribution in [2.75, 3.05) is 6.54 Å². The molecule has 0 saturated heterocycles. The van der Waals surface area contributed by atoms with Gasteiger partial charge in [0.05, 0.1) is 0 Å². The first kappa shape index (κ1) is 9.50. The van der Waals surface area contributed by atoms with Crippen LogP contribution in [-0.4, -0.2) is 12.3 Å². The summed E-state index contributed by atoms with van der Waals surface area (Å²) in [7, 11) is 0. The van der Waals surface area contributed by atoms with E-state index in [2.05, 4.69) is 38.8 Å². The van der Waals surface area contributed by atoms with Crippen molar-refractivity contribution < 1.29 is 0 Å². The molecule has 1 heterocycles. The van der Waals surface area contributed by atoms with Gasteiger partial charge in [0.15, 0.2) is 0 Å². The maximum Gasteiger partial charge on any atom is 0.0455 e. The second-order valence-electron chi connectivity index (χ2n) is 3.87. The fourth-order valence-corrected chi connectivity index (χ4v) is 1.63. The Bertz CT molecular complexity index is 211. The van der Waals surface area contributed by atoms with Crippen molar-refractivity contribution in [2.24, 2.45) is 16.8 Å². The van der Waals surface area contributed by atoms with Crippen LogP contribution < -0.4 is 0 Å². The van der Waals surface area contributed by atoms with Crippen LogP contribution in [0.25, 0.3) is 0 Å². The molecule has 1 rings (SSSR count). The topological polar surface area (TPSA) is 12.4 Å². The van der Waals surface area contributed by atoms with Gasteiger partial charge >= 0.3 is 0 Å². The van der Waals surface area contributed by atoms with Gasteiger partial charge in [-0.2, -0.15) is 0 Å². The van der Waals surface area contributed by atoms with Crippen LogP contribution in [0.4, 0.5) is 0 Å². The van der Waals surface area contributed by atoms with Gasteiger partial charge in [0.25, 0.3) is 0 Å². The molecule has 1 atom stereocenters. The minimum Gasteiger partial charge on any atom is -0.289 e. The van der Waals surface area contributed by atoms with E-state index in [-0.39, 0.29) is 0 Å². The highest BCUT2D eigenvalue weighted by Crippen LogP contribution is 2.21. The molecule has 1 heteroatoms. The Morgan fingerprint density at radius 2 is 2.25 bits per heavy atom. The van der Waals surface area contributed by atoms with Crippen LogP contribution in [0.2, 0.25) is 0 Å². The molecule has 0 aromatic heterocycles. The van der Waals surface area contributed by atoms with E-state index in [4.69, 9.17) is 0 Å². The molecule has 0 radical (unpaired) electrons. The summed E-state index contributed by atoms with van der Waals surface area (Å²) >= 11 is 0. The zero-order chi connectivity index (χ0) is 9.14. The van der Waals surface area contributed by atoms with E-state index < -0.39 is 0 Å². The quantitative estimate of drug-likeness (QED) is 0.596. The van der Waals surface area contributed by atoms with Crippen molar-refractivity contribution in [1.82, 2.24) is 0 Å². The first-order valence-electron chi connectivity index (χ1n) is 4.88. The Labute approximate surface area is 75.6 Å². The molecule has 0 aromatic carbocycles. The fraction of sp³-hybridized carbons (Fsp3) is 0.727. The summed E-state index contributed by atoms with van der Waals surface area (Å²) in [5.74, 6) is 1.31. The van der Waals surface area contributed by atoms with Crippen molar-refractivity contribution in [3.63, 3.8) is 0 Å². The van der Waals surface area contributed by atoms with E-state index in [1.165, 1.54) is 17.7 Å². The largest absolute Gasteiger partial charge is 0.289 e. The maximum atomic E-state index is 4.53. The van der Waals surface area contributed by atoms with E-state index >= 15 is 0 Å². The van der Waals surface area contributed by atoms with Crippen LogP contribution in [-0.2, 0) is 0 Å². The van der Waals surface area contributed by atoms with E-state index in [1.54, 1.807) is 0 Å². The van der Waals surface area contributed by atoms with E-state index in [0.717, 1.165) is 6.54 Å². The van der Waals surface area contributed by atoms with Gasteiger partial charge in [-0.1, -0.05) is 26.8 Å². The Hall–Kier alpha value is -0.590. The fourth-order valence-electron chi connectivity index (χ4n) is 1.63. The molecule has 1 aliphatic rings. The van der Waals surface area contributed by atoms with Crippen LogP contribution in [0.3, 0.4) is 0 Å². The van der Waals surface area contributed by atoms with Gasteiger partial charge in [-0.25, -0.2) is 0 Å². The summed E-state index contributed by atoms with van der Waals surface area (Å²) < 4.78 is 0. The molecule has 0 aromatic rings. The first-order chi connectivity index (χ1) is 5.65. The second-order valence-corrected chi connectivity index (χ2v) is 3.87. The van der Waals surface area contributed by atoms with Crippen molar-refractivity contribution >= 4 is 5.71 Å². The number of nitrogens with zero attached hydrogens (tertiary/aromatic N) is 1. The predicted molar refractivity (Wildman–Crippen MR) is 54.7 cm³/mol. The van der Waals surface area contributed by atoms with Crippen LogP contribution in [0.1, 0.15) is 34.1 Å². The molecule has 0 bridgehead atoms. The standard InChI is InChI=1S/C11H19N/c1-5-10-6-11(8(2)3)9(4)12-7-10/h6,8,10H,5,7H2,1-4H3. The first-order valence-corrected chi connectivity index (χ1v) is 4.88. The minimum absolute atomic E-state index is 0.628. The van der Waals surface area contributed by atoms with Crippen molar-refractivity contribution in [2.45, 2.75) is 34.1 Å². The van der Waals surface area contributed by atoms with Gasteiger partial charge in [-0.15, -0.1) is 0 Å². The van der Waals surface area contributed by atoms with Crippen LogP contribution in [0, 0.1) is 11.8 Å². The number of dihydropyridines is 1. The van der Waals surface area contributed by atoms with Crippen LogP contribution in [0.15, 0.2) is 16.6 Å². The Balaban J connectivity index is 2.78.